The van der Waals surface area contributed by atoms with Crippen molar-refractivity contribution < 1.29 is 32.2 Å². The highest BCUT2D eigenvalue weighted by Gasteiger charge is 2.54. The zero-order chi connectivity index (χ0) is 23.6. The van der Waals surface area contributed by atoms with E-state index < -0.39 is 24.2 Å². The van der Waals surface area contributed by atoms with Crippen LogP contribution < -0.4 is 0 Å². The van der Waals surface area contributed by atoms with Crippen molar-refractivity contribution in [3.05, 3.63) is 0 Å². The summed E-state index contributed by atoms with van der Waals surface area (Å²) in [5.74, 6) is 1.28. The van der Waals surface area contributed by atoms with E-state index in [4.69, 9.17) is 4.74 Å². The van der Waals surface area contributed by atoms with Crippen molar-refractivity contribution in [3.63, 3.8) is 0 Å². The van der Waals surface area contributed by atoms with Gasteiger partial charge in [-0.25, -0.2) is 0 Å². The van der Waals surface area contributed by atoms with Crippen LogP contribution in [-0.2, 0) is 19.1 Å². The largest absolute Gasteiger partial charge is 0.459 e. The molecule has 4 aliphatic rings. The van der Waals surface area contributed by atoms with Gasteiger partial charge in [0, 0.05) is 0 Å². The van der Waals surface area contributed by atoms with E-state index in [9.17, 15) is 22.8 Å². The van der Waals surface area contributed by atoms with Crippen LogP contribution >= 0.6 is 0 Å². The van der Waals surface area contributed by atoms with E-state index in [1.165, 1.54) is 26.2 Å². The molecule has 7 heteroatoms. The van der Waals surface area contributed by atoms with Crippen LogP contribution in [0.25, 0.3) is 0 Å². The third-order valence-electron chi connectivity index (χ3n) is 7.50. The Morgan fingerprint density at radius 3 is 1.77 bits per heavy atom. The first-order chi connectivity index (χ1) is 14.2. The lowest BCUT2D eigenvalue weighted by Gasteiger charge is -2.56. The minimum absolute atomic E-state index is 0.0342. The first kappa shape index (κ1) is 26.0. The number of halogens is 3. The van der Waals surface area contributed by atoms with Gasteiger partial charge < -0.3 is 9.47 Å². The maximum Gasteiger partial charge on any atom is 0.425 e. The summed E-state index contributed by atoms with van der Waals surface area (Å²) in [6, 6.07) is 0. The molecule has 2 unspecified atom stereocenters. The van der Waals surface area contributed by atoms with Gasteiger partial charge in [0.15, 0.2) is 6.10 Å². The molecule has 180 valence electrons. The number of ether oxygens (including phenoxy) is 2. The van der Waals surface area contributed by atoms with E-state index >= 15 is 0 Å². The summed E-state index contributed by atoms with van der Waals surface area (Å²) < 4.78 is 46.0. The maximum absolute atomic E-state index is 12.4. The summed E-state index contributed by atoms with van der Waals surface area (Å²) in [5.41, 5.74) is -0.387. The lowest BCUT2D eigenvalue weighted by Crippen LogP contribution is -2.53. The van der Waals surface area contributed by atoms with Gasteiger partial charge in [0.1, 0.15) is 5.60 Å². The van der Waals surface area contributed by atoms with Crippen molar-refractivity contribution in [2.45, 2.75) is 111 Å². The fourth-order valence-corrected chi connectivity index (χ4v) is 5.16. The van der Waals surface area contributed by atoms with Gasteiger partial charge in [0.25, 0.3) is 0 Å². The van der Waals surface area contributed by atoms with E-state index in [0.717, 1.165) is 50.4 Å². The first-order valence-corrected chi connectivity index (χ1v) is 11.7. The molecule has 0 N–H and O–H groups in total. The third-order valence-corrected chi connectivity index (χ3v) is 7.50. The third kappa shape index (κ3) is 6.61. The quantitative estimate of drug-likeness (QED) is 0.438. The van der Waals surface area contributed by atoms with Crippen LogP contribution in [0, 0.1) is 29.1 Å². The molecule has 4 bridgehead atoms. The van der Waals surface area contributed by atoms with E-state index in [0.29, 0.717) is 6.42 Å². The molecule has 0 aromatic heterocycles. The van der Waals surface area contributed by atoms with Crippen LogP contribution in [0.15, 0.2) is 0 Å². The molecule has 0 aromatic carbocycles. The summed E-state index contributed by atoms with van der Waals surface area (Å²) >= 11 is 0. The van der Waals surface area contributed by atoms with Crippen LogP contribution in [-0.4, -0.2) is 29.8 Å². The van der Waals surface area contributed by atoms with Crippen molar-refractivity contribution in [1.82, 2.24) is 0 Å². The summed E-state index contributed by atoms with van der Waals surface area (Å²) in [6.07, 6.45) is 2.47. The summed E-state index contributed by atoms with van der Waals surface area (Å²) in [5, 5.41) is 0. The minimum Gasteiger partial charge on any atom is -0.459 e. The van der Waals surface area contributed by atoms with Gasteiger partial charge in [-0.3, -0.25) is 9.59 Å². The molecule has 0 saturated heterocycles. The molecule has 2 atom stereocenters. The Bertz CT molecular complexity index is 606. The Morgan fingerprint density at radius 1 is 0.968 bits per heavy atom. The van der Waals surface area contributed by atoms with Crippen LogP contribution in [0.1, 0.15) is 92.9 Å². The lowest BCUT2D eigenvalue weighted by atomic mass is 9.54. The molecule has 31 heavy (non-hydrogen) atoms. The van der Waals surface area contributed by atoms with E-state index in [1.54, 1.807) is 6.92 Å². The Hall–Kier alpha value is -1.27. The molecule has 0 aliphatic heterocycles. The first-order valence-electron chi connectivity index (χ1n) is 11.7. The highest BCUT2D eigenvalue weighted by molar-refractivity contribution is 5.76. The molecule has 4 nitrogen and oxygen atoms in total. The molecule has 0 amide bonds. The van der Waals surface area contributed by atoms with Gasteiger partial charge in [-0.2, -0.15) is 13.2 Å². The van der Waals surface area contributed by atoms with Crippen LogP contribution in [0.2, 0.25) is 0 Å². The van der Waals surface area contributed by atoms with Gasteiger partial charge in [-0.1, -0.05) is 20.8 Å². The molecular formula is C24H39F3O4. The standard InChI is InChI=1S/C16H26O2.C8H13F3O2/c1-4-15(2,3)14(17)18-16-8-11-5-12(9-16)7-13(6-11)10-16;1-4-5(2)7(12)13-6(3)8(9,10)11/h11-13H,4-10H2,1-3H3;5-6H,4H2,1-3H3. The highest BCUT2D eigenvalue weighted by Crippen LogP contribution is 2.57. The Morgan fingerprint density at radius 2 is 1.42 bits per heavy atom. The zero-order valence-corrected chi connectivity index (χ0v) is 19.8. The van der Waals surface area contributed by atoms with Crippen LogP contribution in [0.3, 0.4) is 0 Å². The SMILES string of the molecule is CCC(C)(C)C(=O)OC12CC3CC(CC(C3)C1)C2.CCC(C)C(=O)OC(C)C(F)(F)F. The van der Waals surface area contributed by atoms with Crippen molar-refractivity contribution in [1.29, 1.82) is 0 Å². The zero-order valence-electron chi connectivity index (χ0n) is 19.8. The predicted octanol–water partition coefficient (Wildman–Crippen LogP) is 6.46. The monoisotopic (exact) mass is 448 g/mol. The van der Waals surface area contributed by atoms with Crippen molar-refractivity contribution in [2.24, 2.45) is 29.1 Å². The maximum atomic E-state index is 12.4. The molecule has 0 spiro atoms. The normalized spacial score (nSPS) is 31.3. The molecule has 4 saturated carbocycles. The van der Waals surface area contributed by atoms with Gasteiger partial charge in [0.05, 0.1) is 11.3 Å². The Labute approximate surface area is 184 Å². The summed E-state index contributed by atoms with van der Waals surface area (Å²) in [6.45, 7) is 10.2. The van der Waals surface area contributed by atoms with E-state index in [1.807, 2.05) is 13.8 Å². The lowest BCUT2D eigenvalue weighted by molar-refractivity contribution is -0.218. The van der Waals surface area contributed by atoms with Crippen LogP contribution in [0.4, 0.5) is 13.2 Å². The van der Waals surface area contributed by atoms with E-state index in [2.05, 4.69) is 11.7 Å². The number of hydrogen-bond donors (Lipinski definition) is 0. The molecular weight excluding hydrogens is 409 g/mol. The molecule has 0 heterocycles. The van der Waals surface area contributed by atoms with Gasteiger partial charge in [0.2, 0.25) is 0 Å². The molecule has 0 radical (unpaired) electrons. The van der Waals surface area contributed by atoms with Crippen LogP contribution in [0.5, 0.6) is 0 Å². The van der Waals surface area contributed by atoms with Gasteiger partial charge in [-0.15, -0.1) is 0 Å². The fourth-order valence-electron chi connectivity index (χ4n) is 5.16. The number of rotatable bonds is 6. The molecule has 0 aromatic rings. The number of carbonyl (C=O) groups excluding carboxylic acids is 2. The second kappa shape index (κ2) is 9.70. The number of esters is 2. The van der Waals surface area contributed by atoms with E-state index in [-0.39, 0.29) is 17.0 Å². The minimum atomic E-state index is -4.47. The smallest absolute Gasteiger partial charge is 0.425 e. The fraction of sp³-hybridized carbons (Fsp3) is 0.917. The molecule has 4 aliphatic carbocycles. The Kier molecular flexibility index (Phi) is 8.13. The molecule has 4 rings (SSSR count). The summed E-state index contributed by atoms with van der Waals surface area (Å²) in [4.78, 5) is 23.3. The average Bonchev–Trinajstić information content (AvgIpc) is 2.65. The topological polar surface area (TPSA) is 52.6 Å². The molecule has 4 fully saturated rings. The van der Waals surface area contributed by atoms with Gasteiger partial charge in [-0.05, 0) is 89.9 Å². The number of alkyl halides is 3. The van der Waals surface area contributed by atoms with Crippen molar-refractivity contribution in [2.75, 3.05) is 0 Å². The van der Waals surface area contributed by atoms with Crippen molar-refractivity contribution in [3.8, 4) is 0 Å². The second-order valence-electron chi connectivity index (χ2n) is 10.7. The Balaban J connectivity index is 0.000000235. The average molecular weight is 449 g/mol. The second-order valence-corrected chi connectivity index (χ2v) is 10.7. The highest BCUT2D eigenvalue weighted by atomic mass is 19.4. The summed E-state index contributed by atoms with van der Waals surface area (Å²) in [7, 11) is 0. The number of carbonyl (C=O) groups is 2. The predicted molar refractivity (Wildman–Crippen MR) is 112 cm³/mol. The van der Waals surface area contributed by atoms with Gasteiger partial charge >= 0.3 is 18.1 Å². The van der Waals surface area contributed by atoms with Crippen molar-refractivity contribution >= 4 is 11.9 Å². The number of hydrogen-bond acceptors (Lipinski definition) is 4.